The Morgan fingerprint density at radius 3 is 2.62 bits per heavy atom. The average Bonchev–Trinajstić information content (AvgIpc) is 3.19. The molecule has 0 saturated carbocycles. The molecule has 2 aromatic heterocycles. The van der Waals surface area contributed by atoms with Crippen LogP contribution in [0.4, 0.5) is 5.82 Å². The summed E-state index contributed by atoms with van der Waals surface area (Å²) in [4.78, 5) is 36.6. The van der Waals surface area contributed by atoms with Crippen molar-refractivity contribution in [2.45, 2.75) is 26.4 Å². The van der Waals surface area contributed by atoms with Gasteiger partial charge < -0.3 is 15.0 Å². The van der Waals surface area contributed by atoms with Crippen molar-refractivity contribution >= 4 is 40.6 Å². The van der Waals surface area contributed by atoms with Crippen molar-refractivity contribution in [3.05, 3.63) is 69.3 Å². The average molecular weight is 471 g/mol. The van der Waals surface area contributed by atoms with Crippen molar-refractivity contribution in [3.63, 3.8) is 0 Å². The first-order chi connectivity index (χ1) is 15.5. The van der Waals surface area contributed by atoms with Crippen LogP contribution in [0.15, 0.2) is 48.7 Å². The van der Waals surface area contributed by atoms with Gasteiger partial charge in [-0.2, -0.15) is 0 Å². The van der Waals surface area contributed by atoms with E-state index < -0.39 is 0 Å². The highest BCUT2D eigenvalue weighted by molar-refractivity contribution is 7.13. The quantitative estimate of drug-likeness (QED) is 0.570. The fourth-order valence-electron chi connectivity index (χ4n) is 3.54. The van der Waals surface area contributed by atoms with Crippen LogP contribution in [-0.2, 0) is 11.4 Å². The van der Waals surface area contributed by atoms with Gasteiger partial charge in [0.1, 0.15) is 28.1 Å². The second-order valence-electron chi connectivity index (χ2n) is 7.54. The normalized spacial score (nSPS) is 14.2. The Bertz CT molecular complexity index is 1080. The third-order valence-corrected chi connectivity index (χ3v) is 6.65. The predicted octanol–water partition coefficient (Wildman–Crippen LogP) is 4.57. The number of thiazole rings is 1. The van der Waals surface area contributed by atoms with Crippen molar-refractivity contribution in [3.8, 4) is 5.75 Å². The number of hydrogen-bond acceptors (Lipinski definition) is 6. The van der Waals surface area contributed by atoms with E-state index in [-0.39, 0.29) is 24.3 Å². The number of nitrogens with zero attached hydrogens (tertiary/aromatic N) is 3. The molecule has 1 saturated heterocycles. The molecule has 3 heterocycles. The van der Waals surface area contributed by atoms with Gasteiger partial charge in [-0.15, -0.1) is 11.3 Å². The van der Waals surface area contributed by atoms with Crippen LogP contribution in [0.3, 0.4) is 0 Å². The minimum atomic E-state index is -0.132. The summed E-state index contributed by atoms with van der Waals surface area (Å²) in [6, 6.07) is 12.5. The highest BCUT2D eigenvalue weighted by Gasteiger charge is 2.29. The molecule has 1 aliphatic rings. The Hall–Kier alpha value is -2.97. The first-order valence-corrected chi connectivity index (χ1v) is 11.5. The number of likely N-dealkylation sites (tertiary alicyclic amines) is 1. The minimum Gasteiger partial charge on any atom is -0.486 e. The first kappa shape index (κ1) is 22.2. The van der Waals surface area contributed by atoms with Gasteiger partial charge in [-0.05, 0) is 56.2 Å². The van der Waals surface area contributed by atoms with Gasteiger partial charge in [-0.3, -0.25) is 9.59 Å². The summed E-state index contributed by atoms with van der Waals surface area (Å²) in [6.45, 7) is 3.19. The summed E-state index contributed by atoms with van der Waals surface area (Å²) in [7, 11) is 0. The summed E-state index contributed by atoms with van der Waals surface area (Å²) in [5.74, 6) is 1.02. The number of amides is 2. The topological polar surface area (TPSA) is 84.4 Å². The van der Waals surface area contributed by atoms with Gasteiger partial charge in [0.25, 0.3) is 5.91 Å². The third-order valence-electron chi connectivity index (χ3n) is 5.28. The number of nitrogens with one attached hydrogen (secondary N) is 1. The molecule has 0 atom stereocenters. The van der Waals surface area contributed by atoms with E-state index in [1.807, 2.05) is 13.0 Å². The lowest BCUT2D eigenvalue weighted by Gasteiger charge is -2.31. The van der Waals surface area contributed by atoms with Crippen LogP contribution >= 0.6 is 22.9 Å². The number of anilines is 1. The van der Waals surface area contributed by atoms with E-state index in [4.69, 9.17) is 16.3 Å². The standard InChI is InChI=1S/C23H23ClN4O3S/c1-15-21(32-20(26-15)14-31-18-7-5-17(24)6-8-18)23(30)28-12-9-16(10-13-28)22(29)27-19-4-2-3-11-25-19/h2-8,11,16H,9-10,12-14H2,1H3,(H,25,27,29). The van der Waals surface area contributed by atoms with Gasteiger partial charge in [0.15, 0.2) is 0 Å². The number of hydrogen-bond donors (Lipinski definition) is 1. The lowest BCUT2D eigenvalue weighted by atomic mass is 9.95. The van der Waals surface area contributed by atoms with E-state index in [2.05, 4.69) is 15.3 Å². The largest absolute Gasteiger partial charge is 0.486 e. The van der Waals surface area contributed by atoms with Crippen LogP contribution in [0.5, 0.6) is 5.75 Å². The fraction of sp³-hybridized carbons (Fsp3) is 0.304. The molecule has 9 heteroatoms. The number of ether oxygens (including phenoxy) is 1. The van der Waals surface area contributed by atoms with E-state index in [9.17, 15) is 9.59 Å². The summed E-state index contributed by atoms with van der Waals surface area (Å²) in [5, 5.41) is 4.24. The Morgan fingerprint density at radius 1 is 1.19 bits per heavy atom. The van der Waals surface area contributed by atoms with Crippen LogP contribution in [0.1, 0.15) is 33.2 Å². The summed E-state index contributed by atoms with van der Waals surface area (Å²) < 4.78 is 5.74. The SMILES string of the molecule is Cc1nc(COc2ccc(Cl)cc2)sc1C(=O)N1CCC(C(=O)Nc2ccccn2)CC1. The second-order valence-corrected chi connectivity index (χ2v) is 9.06. The van der Waals surface area contributed by atoms with Gasteiger partial charge in [0.2, 0.25) is 5.91 Å². The van der Waals surface area contributed by atoms with Crippen molar-refractivity contribution in [1.29, 1.82) is 0 Å². The molecule has 0 spiro atoms. The summed E-state index contributed by atoms with van der Waals surface area (Å²) in [5.41, 5.74) is 0.699. The number of rotatable bonds is 6. The lowest BCUT2D eigenvalue weighted by Crippen LogP contribution is -2.41. The van der Waals surface area contributed by atoms with Crippen LogP contribution in [0.25, 0.3) is 0 Å². The number of piperidine rings is 1. The zero-order valence-corrected chi connectivity index (χ0v) is 19.2. The molecule has 1 fully saturated rings. The molecule has 1 N–H and O–H groups in total. The highest BCUT2D eigenvalue weighted by Crippen LogP contribution is 2.26. The first-order valence-electron chi connectivity index (χ1n) is 10.4. The number of halogens is 1. The summed E-state index contributed by atoms with van der Waals surface area (Å²) in [6.07, 6.45) is 2.88. The monoisotopic (exact) mass is 470 g/mol. The number of aromatic nitrogens is 2. The van der Waals surface area contributed by atoms with Gasteiger partial charge in [-0.1, -0.05) is 17.7 Å². The highest BCUT2D eigenvalue weighted by atomic mass is 35.5. The van der Waals surface area contributed by atoms with Gasteiger partial charge in [-0.25, -0.2) is 9.97 Å². The Labute approximate surface area is 195 Å². The Kier molecular flexibility index (Phi) is 7.02. The maximum atomic E-state index is 13.0. The van der Waals surface area contributed by atoms with Crippen molar-refractivity contribution in [2.75, 3.05) is 18.4 Å². The number of aryl methyl sites for hydroxylation is 1. The number of benzene rings is 1. The zero-order valence-electron chi connectivity index (χ0n) is 17.6. The van der Waals surface area contributed by atoms with Gasteiger partial charge in [0, 0.05) is 30.2 Å². The molecule has 3 aromatic rings. The molecule has 166 valence electrons. The molecule has 1 aromatic carbocycles. The molecule has 1 aliphatic heterocycles. The van der Waals surface area contributed by atoms with Crippen LogP contribution in [0, 0.1) is 12.8 Å². The molecule has 7 nitrogen and oxygen atoms in total. The van der Waals surface area contributed by atoms with Crippen molar-refractivity contribution < 1.29 is 14.3 Å². The number of pyridine rings is 1. The van der Waals surface area contributed by atoms with E-state index in [1.54, 1.807) is 47.5 Å². The molecule has 0 radical (unpaired) electrons. The van der Waals surface area contributed by atoms with Gasteiger partial charge in [0.05, 0.1) is 5.69 Å². The fourth-order valence-corrected chi connectivity index (χ4v) is 4.61. The van der Waals surface area contributed by atoms with Crippen molar-refractivity contribution in [1.82, 2.24) is 14.9 Å². The van der Waals surface area contributed by atoms with E-state index in [1.165, 1.54) is 11.3 Å². The number of carbonyl (C=O) groups excluding carboxylic acids is 2. The molecule has 0 unspecified atom stereocenters. The van der Waals surface area contributed by atoms with Gasteiger partial charge >= 0.3 is 0 Å². The lowest BCUT2D eigenvalue weighted by molar-refractivity contribution is -0.121. The zero-order chi connectivity index (χ0) is 22.5. The molecule has 0 bridgehead atoms. The maximum Gasteiger partial charge on any atom is 0.265 e. The van der Waals surface area contributed by atoms with Crippen LogP contribution in [-0.4, -0.2) is 39.8 Å². The predicted molar refractivity (Wildman–Crippen MR) is 124 cm³/mol. The van der Waals surface area contributed by atoms with E-state index in [0.717, 1.165) is 5.01 Å². The molecule has 4 rings (SSSR count). The van der Waals surface area contributed by atoms with Crippen LogP contribution < -0.4 is 10.1 Å². The minimum absolute atomic E-state index is 0.0404. The molecular formula is C23H23ClN4O3S. The Morgan fingerprint density at radius 2 is 1.94 bits per heavy atom. The molecular weight excluding hydrogens is 448 g/mol. The molecule has 2 amide bonds. The van der Waals surface area contributed by atoms with Crippen molar-refractivity contribution in [2.24, 2.45) is 5.92 Å². The summed E-state index contributed by atoms with van der Waals surface area (Å²) >= 11 is 7.24. The third kappa shape index (κ3) is 5.44. The smallest absolute Gasteiger partial charge is 0.265 e. The number of carbonyl (C=O) groups is 2. The maximum absolute atomic E-state index is 13.0. The van der Waals surface area contributed by atoms with E-state index in [0.29, 0.717) is 53.1 Å². The molecule has 32 heavy (non-hydrogen) atoms. The second kappa shape index (κ2) is 10.1. The molecule has 0 aliphatic carbocycles. The Balaban J connectivity index is 1.31. The van der Waals surface area contributed by atoms with Crippen LogP contribution in [0.2, 0.25) is 5.02 Å². The van der Waals surface area contributed by atoms with E-state index >= 15 is 0 Å².